The summed E-state index contributed by atoms with van der Waals surface area (Å²) in [5, 5.41) is 0. The molecule has 0 N–H and O–H groups in total. The first kappa shape index (κ1) is 11.6. The fourth-order valence-electron chi connectivity index (χ4n) is 0.958. The Bertz CT molecular complexity index is 132. The van der Waals surface area contributed by atoms with E-state index in [0.29, 0.717) is 0 Å². The van der Waals surface area contributed by atoms with Crippen LogP contribution in [0, 0.1) is 0 Å². The third-order valence-corrected chi connectivity index (χ3v) is 40.6. The number of rotatable bonds is 3. The zero-order valence-electron chi connectivity index (χ0n) is 8.99. The molecule has 0 atom stereocenters. The second-order valence-electron chi connectivity index (χ2n) is 4.59. The van der Waals surface area contributed by atoms with Gasteiger partial charge < -0.3 is 4.43 Å². The summed E-state index contributed by atoms with van der Waals surface area (Å²) >= 11 is 0. The molecule has 0 radical (unpaired) electrons. The van der Waals surface area contributed by atoms with Gasteiger partial charge in [0.25, 0.3) is 0 Å². The summed E-state index contributed by atoms with van der Waals surface area (Å²) in [4.78, 5) is 0. The van der Waals surface area contributed by atoms with Crippen molar-refractivity contribution in [2.24, 2.45) is 0 Å². The van der Waals surface area contributed by atoms with Crippen LogP contribution >= 0.6 is 0 Å². The van der Waals surface area contributed by atoms with Gasteiger partial charge in [-0.2, -0.15) is 0 Å². The highest BCUT2D eigenvalue weighted by Gasteiger charge is 2.44. The lowest BCUT2D eigenvalue weighted by Crippen LogP contribution is -2.64. The van der Waals surface area contributed by atoms with E-state index in [2.05, 4.69) is 39.3 Å². The van der Waals surface area contributed by atoms with Crippen molar-refractivity contribution in [1.29, 1.82) is 0 Å². The third-order valence-electron chi connectivity index (χ3n) is 3.51. The maximum absolute atomic E-state index is 5.70. The minimum atomic E-state index is -1.27. The fraction of sp³-hybridized carbons (Fsp3) is 1.00. The summed E-state index contributed by atoms with van der Waals surface area (Å²) < 4.78 is 5.70. The third kappa shape index (κ3) is 2.27. The van der Waals surface area contributed by atoms with Crippen molar-refractivity contribution in [3.63, 3.8) is 0 Å². The van der Waals surface area contributed by atoms with Crippen molar-refractivity contribution in [2.75, 3.05) is 7.11 Å². The highest BCUT2D eigenvalue weighted by Crippen LogP contribution is 2.21. The predicted octanol–water partition coefficient (Wildman–Crippen LogP) is 2.19. The van der Waals surface area contributed by atoms with Gasteiger partial charge in [0.2, 0.25) is 0 Å². The Morgan fingerprint density at radius 1 is 1.00 bits per heavy atom. The Kier molecular flexibility index (Phi) is 3.75. The van der Waals surface area contributed by atoms with Crippen molar-refractivity contribution in [3.05, 3.63) is 0 Å². The van der Waals surface area contributed by atoms with Crippen molar-refractivity contribution in [2.45, 2.75) is 39.3 Å². The Labute approximate surface area is 74.5 Å². The molecule has 0 bridgehead atoms. The minimum absolute atomic E-state index is 0.447. The van der Waals surface area contributed by atoms with Crippen LogP contribution in [-0.4, -0.2) is 30.4 Å². The van der Waals surface area contributed by atoms with E-state index < -0.39 is 23.3 Å². The SMILES string of the molecule is CO[Si](C)(C)[Si](C)(C)[SiH](C)C. The molecule has 0 unspecified atom stereocenters. The molecule has 0 aliphatic carbocycles. The second kappa shape index (κ2) is 3.55. The standard InChI is InChI=1S/C7H22OSi3/c1-8-10(4,5)11(6,7)9(2)3/h9H,1-7H3. The molecule has 0 aromatic carbocycles. The van der Waals surface area contributed by atoms with Crippen LogP contribution in [0.3, 0.4) is 0 Å². The molecule has 0 heterocycles. The number of hydrogen-bond donors (Lipinski definition) is 0. The monoisotopic (exact) mass is 206 g/mol. The Morgan fingerprint density at radius 2 is 1.36 bits per heavy atom. The average molecular weight is 207 g/mol. The van der Waals surface area contributed by atoms with Crippen molar-refractivity contribution in [3.8, 4) is 0 Å². The molecule has 0 fully saturated rings. The topological polar surface area (TPSA) is 9.23 Å². The molecular weight excluding hydrogens is 184 g/mol. The van der Waals surface area contributed by atoms with Crippen LogP contribution in [0.25, 0.3) is 0 Å². The van der Waals surface area contributed by atoms with E-state index in [4.69, 9.17) is 4.43 Å². The van der Waals surface area contributed by atoms with Crippen molar-refractivity contribution < 1.29 is 4.43 Å². The summed E-state index contributed by atoms with van der Waals surface area (Å²) in [6, 6.07) is 0. The lowest BCUT2D eigenvalue weighted by atomic mass is 11.8. The van der Waals surface area contributed by atoms with Crippen LogP contribution < -0.4 is 0 Å². The molecule has 0 rings (SSSR count). The maximum Gasteiger partial charge on any atom is 0.170 e. The summed E-state index contributed by atoms with van der Waals surface area (Å²) in [6.45, 7) is 14.7. The van der Waals surface area contributed by atoms with Gasteiger partial charge in [-0.25, -0.2) is 0 Å². The molecular formula is C7H22OSi3. The smallest absolute Gasteiger partial charge is 0.170 e. The largest absolute Gasteiger partial charge is 0.423 e. The van der Waals surface area contributed by atoms with Crippen LogP contribution in [0.2, 0.25) is 39.3 Å². The van der Waals surface area contributed by atoms with Gasteiger partial charge >= 0.3 is 0 Å². The Morgan fingerprint density at radius 3 is 1.45 bits per heavy atom. The van der Waals surface area contributed by atoms with E-state index in [1.807, 2.05) is 7.11 Å². The van der Waals surface area contributed by atoms with Crippen LogP contribution in [-0.2, 0) is 4.43 Å². The van der Waals surface area contributed by atoms with E-state index in [-0.39, 0.29) is 0 Å². The van der Waals surface area contributed by atoms with E-state index in [9.17, 15) is 0 Å². The molecule has 68 valence electrons. The molecule has 0 saturated carbocycles. The van der Waals surface area contributed by atoms with Gasteiger partial charge in [-0.05, 0) is 13.1 Å². The lowest BCUT2D eigenvalue weighted by Gasteiger charge is -2.39. The molecule has 4 heteroatoms. The van der Waals surface area contributed by atoms with Crippen LogP contribution in [0.1, 0.15) is 0 Å². The quantitative estimate of drug-likeness (QED) is 0.643. The summed E-state index contributed by atoms with van der Waals surface area (Å²) in [7, 11) is -0.766. The van der Waals surface area contributed by atoms with Gasteiger partial charge in [0, 0.05) is 15.4 Å². The van der Waals surface area contributed by atoms with E-state index >= 15 is 0 Å². The second-order valence-corrected chi connectivity index (χ2v) is 30.8. The molecule has 0 aromatic rings. The van der Waals surface area contributed by atoms with Gasteiger partial charge in [-0.1, -0.05) is 26.2 Å². The maximum atomic E-state index is 5.70. The molecule has 11 heavy (non-hydrogen) atoms. The normalized spacial score (nSPS) is 14.2. The van der Waals surface area contributed by atoms with E-state index in [1.54, 1.807) is 0 Å². The van der Waals surface area contributed by atoms with Gasteiger partial charge in [-0.3, -0.25) is 0 Å². The van der Waals surface area contributed by atoms with Gasteiger partial charge in [0.15, 0.2) is 7.83 Å². The predicted molar refractivity (Wildman–Crippen MR) is 60.9 cm³/mol. The van der Waals surface area contributed by atoms with Crippen LogP contribution in [0.4, 0.5) is 0 Å². The minimum Gasteiger partial charge on any atom is -0.423 e. The van der Waals surface area contributed by atoms with Crippen LogP contribution in [0.15, 0.2) is 0 Å². The van der Waals surface area contributed by atoms with Gasteiger partial charge in [0.05, 0.1) is 7.11 Å². The zero-order valence-corrected chi connectivity index (χ0v) is 12.1. The van der Waals surface area contributed by atoms with E-state index in [0.717, 1.165) is 0 Å². The van der Waals surface area contributed by atoms with Crippen LogP contribution in [0.5, 0.6) is 0 Å². The summed E-state index contributed by atoms with van der Waals surface area (Å²) in [5.41, 5.74) is 0. The molecule has 0 saturated heterocycles. The average Bonchev–Trinajstić information content (AvgIpc) is 1.87. The molecule has 0 aromatic heterocycles. The highest BCUT2D eigenvalue weighted by atomic mass is 29.6. The lowest BCUT2D eigenvalue weighted by molar-refractivity contribution is 0.420. The molecule has 0 amide bonds. The Hall–Kier alpha value is 0.611. The van der Waals surface area contributed by atoms with Gasteiger partial charge in [-0.15, -0.1) is 0 Å². The molecule has 0 aliphatic rings. The highest BCUT2D eigenvalue weighted by molar-refractivity contribution is 7.62. The summed E-state index contributed by atoms with van der Waals surface area (Å²) in [6.07, 6.45) is 0. The Balaban J connectivity index is 4.53. The van der Waals surface area contributed by atoms with Crippen molar-refractivity contribution >= 4 is 23.3 Å². The van der Waals surface area contributed by atoms with E-state index in [1.165, 1.54) is 0 Å². The first-order chi connectivity index (χ1) is 4.75. The first-order valence-corrected chi connectivity index (χ1v) is 15.3. The first-order valence-electron chi connectivity index (χ1n) is 4.31. The summed E-state index contributed by atoms with van der Waals surface area (Å²) in [5.74, 6) is 0. The van der Waals surface area contributed by atoms with Gasteiger partial charge in [0.1, 0.15) is 0 Å². The molecule has 0 aliphatic heterocycles. The van der Waals surface area contributed by atoms with Crippen molar-refractivity contribution in [1.82, 2.24) is 0 Å². The number of hydrogen-bond acceptors (Lipinski definition) is 1. The zero-order chi connectivity index (χ0) is 9.28. The fourth-order valence-corrected chi connectivity index (χ4v) is 22.2. The molecule has 0 spiro atoms. The molecule has 1 nitrogen and oxygen atoms in total.